The van der Waals surface area contributed by atoms with Gasteiger partial charge in [0.25, 0.3) is 5.91 Å². The molecule has 0 aliphatic carbocycles. The number of thioether (sulfide) groups is 1. The van der Waals surface area contributed by atoms with Gasteiger partial charge in [0.05, 0.1) is 6.04 Å². The fourth-order valence-corrected chi connectivity index (χ4v) is 5.75. The molecule has 0 saturated carbocycles. The van der Waals surface area contributed by atoms with Crippen molar-refractivity contribution in [3.63, 3.8) is 0 Å². The molecule has 0 bridgehead atoms. The number of piperazine rings is 1. The van der Waals surface area contributed by atoms with Crippen LogP contribution in [0.2, 0.25) is 5.15 Å². The van der Waals surface area contributed by atoms with E-state index in [4.69, 9.17) is 16.6 Å². The van der Waals surface area contributed by atoms with Crippen LogP contribution >= 0.6 is 23.4 Å². The largest absolute Gasteiger partial charge is 0.354 e. The molecule has 1 unspecified atom stereocenters. The van der Waals surface area contributed by atoms with E-state index < -0.39 is 0 Å². The molecule has 6 nitrogen and oxygen atoms in total. The third-order valence-corrected chi connectivity index (χ3v) is 8.15. The predicted molar refractivity (Wildman–Crippen MR) is 169 cm³/mol. The molecule has 1 amide bonds. The molecule has 4 aromatic rings. The zero-order valence-corrected chi connectivity index (χ0v) is 24.7. The lowest BCUT2D eigenvalue weighted by Gasteiger charge is -2.35. The van der Waals surface area contributed by atoms with Crippen molar-refractivity contribution in [3.05, 3.63) is 124 Å². The van der Waals surface area contributed by atoms with E-state index in [2.05, 4.69) is 56.5 Å². The third kappa shape index (κ3) is 8.43. The lowest BCUT2D eigenvalue weighted by atomic mass is 10.1. The molecular weight excluding hydrogens is 550 g/mol. The first kappa shape index (κ1) is 28.9. The van der Waals surface area contributed by atoms with Crippen molar-refractivity contribution in [2.75, 3.05) is 37.6 Å². The average molecular weight is 584 g/mol. The summed E-state index contributed by atoms with van der Waals surface area (Å²) in [6, 6.07) is 29.8. The molecule has 1 aliphatic rings. The number of hydrogen-bond acceptors (Lipinski definition) is 6. The second-order valence-corrected chi connectivity index (χ2v) is 11.4. The van der Waals surface area contributed by atoms with Crippen LogP contribution in [0.1, 0.15) is 40.0 Å². The molecule has 210 valence electrons. The minimum atomic E-state index is -0.0933. The predicted octanol–water partition coefficient (Wildman–Crippen LogP) is 6.75. The molecule has 1 N–H and O–H groups in total. The topological polar surface area (TPSA) is 61.4 Å². The highest BCUT2D eigenvalue weighted by Crippen LogP contribution is 2.26. The number of rotatable bonds is 10. The minimum Gasteiger partial charge on any atom is -0.354 e. The van der Waals surface area contributed by atoms with E-state index in [0.29, 0.717) is 21.6 Å². The van der Waals surface area contributed by atoms with Crippen LogP contribution in [-0.2, 0) is 5.75 Å². The van der Waals surface area contributed by atoms with Gasteiger partial charge in [0.15, 0.2) is 5.16 Å². The molecule has 8 heteroatoms. The first-order valence-corrected chi connectivity index (χ1v) is 15.2. The lowest BCUT2D eigenvalue weighted by Crippen LogP contribution is -2.46. The van der Waals surface area contributed by atoms with Crippen LogP contribution in [0.3, 0.4) is 0 Å². The van der Waals surface area contributed by atoms with Crippen LogP contribution in [0.5, 0.6) is 0 Å². The van der Waals surface area contributed by atoms with E-state index in [-0.39, 0.29) is 11.9 Å². The smallest absolute Gasteiger partial charge is 0.251 e. The van der Waals surface area contributed by atoms with Crippen LogP contribution in [0.4, 0.5) is 5.82 Å². The monoisotopic (exact) mass is 583 g/mol. The number of hydrogen-bond donors (Lipinski definition) is 1. The summed E-state index contributed by atoms with van der Waals surface area (Å²) < 4.78 is 0. The van der Waals surface area contributed by atoms with E-state index in [1.54, 1.807) is 0 Å². The molecule has 1 saturated heterocycles. The van der Waals surface area contributed by atoms with Crippen molar-refractivity contribution < 1.29 is 4.79 Å². The van der Waals surface area contributed by atoms with E-state index in [1.165, 1.54) is 17.3 Å². The molecule has 1 fully saturated rings. The van der Waals surface area contributed by atoms with Gasteiger partial charge in [0.1, 0.15) is 11.0 Å². The van der Waals surface area contributed by atoms with Crippen LogP contribution < -0.4 is 10.2 Å². The second-order valence-electron chi connectivity index (χ2n) is 10.0. The number of amides is 1. The Hall–Kier alpha value is -3.65. The van der Waals surface area contributed by atoms with Crippen LogP contribution in [0.15, 0.2) is 102 Å². The van der Waals surface area contributed by atoms with Gasteiger partial charge in [-0.05, 0) is 35.7 Å². The number of aromatic nitrogens is 2. The van der Waals surface area contributed by atoms with Crippen molar-refractivity contribution in [1.29, 1.82) is 0 Å². The van der Waals surface area contributed by atoms with E-state index in [0.717, 1.165) is 49.7 Å². The minimum absolute atomic E-state index is 0.0763. The maximum Gasteiger partial charge on any atom is 0.251 e. The van der Waals surface area contributed by atoms with Crippen molar-refractivity contribution in [2.24, 2.45) is 0 Å². The summed E-state index contributed by atoms with van der Waals surface area (Å²) >= 11 is 7.93. The van der Waals surface area contributed by atoms with Crippen LogP contribution in [0.25, 0.3) is 6.08 Å². The standard InChI is InChI=1S/C33H34ClN5OS/c1-25(28-14-6-3-7-15-28)35-32(40)29-16-8-12-27(22-29)24-41-33-36-30(34)23-31(37-33)39-20-18-38(19-21-39)17-9-13-26-10-4-2-5-11-26/h2-16,22-23,25H,17-21,24H2,1H3,(H,35,40). The summed E-state index contributed by atoms with van der Waals surface area (Å²) in [7, 11) is 0. The van der Waals surface area contributed by atoms with Gasteiger partial charge < -0.3 is 10.2 Å². The van der Waals surface area contributed by atoms with Crippen molar-refractivity contribution in [1.82, 2.24) is 20.2 Å². The summed E-state index contributed by atoms with van der Waals surface area (Å²) in [5.74, 6) is 1.40. The highest BCUT2D eigenvalue weighted by Gasteiger charge is 2.19. The second kappa shape index (κ2) is 14.3. The Morgan fingerprint density at radius 2 is 1.68 bits per heavy atom. The molecule has 41 heavy (non-hydrogen) atoms. The van der Waals surface area contributed by atoms with Crippen molar-refractivity contribution in [2.45, 2.75) is 23.9 Å². The maximum atomic E-state index is 12.9. The highest BCUT2D eigenvalue weighted by atomic mass is 35.5. The zero-order valence-electron chi connectivity index (χ0n) is 23.1. The molecule has 1 atom stereocenters. The zero-order chi connectivity index (χ0) is 28.4. The molecule has 0 radical (unpaired) electrons. The molecular formula is C33H34ClN5OS. The Bertz CT molecular complexity index is 1460. The number of nitrogens with one attached hydrogen (secondary N) is 1. The summed E-state index contributed by atoms with van der Waals surface area (Å²) in [5.41, 5.74) is 3.95. The molecule has 2 heterocycles. The third-order valence-electron chi connectivity index (χ3n) is 7.03. The van der Waals surface area contributed by atoms with Gasteiger partial charge in [-0.15, -0.1) is 0 Å². The summed E-state index contributed by atoms with van der Waals surface area (Å²) in [4.78, 5) is 26.9. The first-order valence-electron chi connectivity index (χ1n) is 13.8. The fourth-order valence-electron chi connectivity index (χ4n) is 4.73. The molecule has 3 aromatic carbocycles. The Balaban J connectivity index is 1.14. The van der Waals surface area contributed by atoms with Crippen molar-refractivity contribution in [3.8, 4) is 0 Å². The number of benzene rings is 3. The Kier molecular flexibility index (Phi) is 10.1. The van der Waals surface area contributed by atoms with Crippen molar-refractivity contribution >= 4 is 41.2 Å². The van der Waals surface area contributed by atoms with E-state index >= 15 is 0 Å². The Labute approximate surface area is 251 Å². The van der Waals surface area contributed by atoms with E-state index in [1.807, 2.05) is 73.7 Å². The Morgan fingerprint density at radius 3 is 2.44 bits per heavy atom. The average Bonchev–Trinajstić information content (AvgIpc) is 3.01. The SMILES string of the molecule is CC(NC(=O)c1cccc(CSc2nc(Cl)cc(N3CCN(CC=Cc4ccccc4)CC3)n2)c1)c1ccccc1. The normalized spacial score (nSPS) is 14.7. The summed E-state index contributed by atoms with van der Waals surface area (Å²) in [5, 5.41) is 4.16. The van der Waals surface area contributed by atoms with Gasteiger partial charge in [0, 0.05) is 50.1 Å². The number of halogens is 1. The summed E-state index contributed by atoms with van der Waals surface area (Å²) in [6.07, 6.45) is 4.40. The number of carbonyl (C=O) groups excluding carboxylic acids is 1. The van der Waals surface area contributed by atoms with Gasteiger partial charge in [-0.1, -0.05) is 108 Å². The van der Waals surface area contributed by atoms with Gasteiger partial charge in [-0.3, -0.25) is 9.69 Å². The number of carbonyl (C=O) groups is 1. The van der Waals surface area contributed by atoms with Crippen LogP contribution in [-0.4, -0.2) is 53.5 Å². The molecule has 1 aromatic heterocycles. The fraction of sp³-hybridized carbons (Fsp3) is 0.242. The van der Waals surface area contributed by atoms with Gasteiger partial charge >= 0.3 is 0 Å². The van der Waals surface area contributed by atoms with Gasteiger partial charge in [-0.25, -0.2) is 9.97 Å². The Morgan fingerprint density at radius 1 is 0.951 bits per heavy atom. The quantitative estimate of drug-likeness (QED) is 0.127. The summed E-state index contributed by atoms with van der Waals surface area (Å²) in [6.45, 7) is 6.60. The first-order chi connectivity index (χ1) is 20.0. The number of anilines is 1. The molecule has 0 spiro atoms. The number of nitrogens with zero attached hydrogens (tertiary/aromatic N) is 4. The van der Waals surface area contributed by atoms with Crippen LogP contribution in [0, 0.1) is 0 Å². The van der Waals surface area contributed by atoms with Gasteiger partial charge in [0.2, 0.25) is 0 Å². The molecule has 1 aliphatic heterocycles. The molecule has 5 rings (SSSR count). The highest BCUT2D eigenvalue weighted by molar-refractivity contribution is 7.98. The maximum absolute atomic E-state index is 12.9. The van der Waals surface area contributed by atoms with Gasteiger partial charge in [-0.2, -0.15) is 0 Å². The van der Waals surface area contributed by atoms with E-state index in [9.17, 15) is 4.79 Å². The lowest BCUT2D eigenvalue weighted by molar-refractivity contribution is 0.0940.